The number of carbonyl (C=O) groups excluding carboxylic acids is 2. The molecule has 0 aliphatic heterocycles. The minimum Gasteiger partial charge on any atom is -0.349 e. The molecule has 1 aromatic carbocycles. The predicted octanol–water partition coefficient (Wildman–Crippen LogP) is 3.58. The molecular formula is C20H24FN3O2S. The predicted molar refractivity (Wildman–Crippen MR) is 106 cm³/mol. The van der Waals surface area contributed by atoms with E-state index in [9.17, 15) is 14.0 Å². The van der Waals surface area contributed by atoms with E-state index in [1.165, 1.54) is 23.5 Å². The monoisotopic (exact) mass is 389 g/mol. The van der Waals surface area contributed by atoms with E-state index in [4.69, 9.17) is 0 Å². The van der Waals surface area contributed by atoms with Crippen LogP contribution in [0.3, 0.4) is 0 Å². The lowest BCUT2D eigenvalue weighted by molar-refractivity contribution is -0.117. The first-order chi connectivity index (χ1) is 12.8. The molecule has 2 N–H and O–H groups in total. The molecular weight excluding hydrogens is 365 g/mol. The number of likely N-dealkylation sites (N-methyl/N-ethyl adjacent to an activating group) is 1. The van der Waals surface area contributed by atoms with Gasteiger partial charge in [0.15, 0.2) is 0 Å². The van der Waals surface area contributed by atoms with Crippen molar-refractivity contribution in [1.82, 2.24) is 10.2 Å². The van der Waals surface area contributed by atoms with Crippen LogP contribution in [0.2, 0.25) is 0 Å². The highest BCUT2D eigenvalue weighted by Crippen LogP contribution is 2.32. The van der Waals surface area contributed by atoms with Gasteiger partial charge in [-0.1, -0.05) is 12.1 Å². The Kier molecular flexibility index (Phi) is 5.92. The fraction of sp³-hybridized carbons (Fsp3) is 0.400. The lowest BCUT2D eigenvalue weighted by atomic mass is 10.1. The fourth-order valence-electron chi connectivity index (χ4n) is 2.89. The SMILES string of the molecule is Cc1cc(NC(=O)C2CC2)sc1C(=O)NCC(c1ccc(F)cc1)N(C)C. The second-order valence-corrected chi connectivity index (χ2v) is 8.18. The van der Waals surface area contributed by atoms with Gasteiger partial charge in [0.2, 0.25) is 5.91 Å². The average molecular weight is 389 g/mol. The van der Waals surface area contributed by atoms with Gasteiger partial charge in [0.1, 0.15) is 5.82 Å². The molecule has 5 nitrogen and oxygen atoms in total. The minimum atomic E-state index is -0.282. The molecule has 1 aliphatic rings. The number of hydrogen-bond donors (Lipinski definition) is 2. The van der Waals surface area contributed by atoms with E-state index in [0.29, 0.717) is 16.4 Å². The van der Waals surface area contributed by atoms with Gasteiger partial charge in [-0.15, -0.1) is 11.3 Å². The number of nitrogens with zero attached hydrogens (tertiary/aromatic N) is 1. The first-order valence-electron chi connectivity index (χ1n) is 8.96. The Bertz CT molecular complexity index is 828. The summed E-state index contributed by atoms with van der Waals surface area (Å²) >= 11 is 1.29. The molecule has 1 fully saturated rings. The smallest absolute Gasteiger partial charge is 0.261 e. The number of thiophene rings is 1. The Balaban J connectivity index is 1.64. The van der Waals surface area contributed by atoms with Gasteiger partial charge in [0.05, 0.1) is 15.9 Å². The summed E-state index contributed by atoms with van der Waals surface area (Å²) in [6.45, 7) is 2.26. The molecule has 3 rings (SSSR count). The zero-order valence-electron chi connectivity index (χ0n) is 15.7. The highest BCUT2D eigenvalue weighted by Gasteiger charge is 2.30. The van der Waals surface area contributed by atoms with Gasteiger partial charge >= 0.3 is 0 Å². The lowest BCUT2D eigenvalue weighted by Gasteiger charge is -2.25. The zero-order valence-corrected chi connectivity index (χ0v) is 16.5. The molecule has 0 bridgehead atoms. The van der Waals surface area contributed by atoms with Gasteiger partial charge in [-0.05, 0) is 63.2 Å². The highest BCUT2D eigenvalue weighted by atomic mass is 32.1. The number of hydrogen-bond acceptors (Lipinski definition) is 4. The van der Waals surface area contributed by atoms with Crippen LogP contribution in [-0.4, -0.2) is 37.4 Å². The first kappa shape index (κ1) is 19.5. The molecule has 1 atom stereocenters. The van der Waals surface area contributed by atoms with Crippen molar-refractivity contribution < 1.29 is 14.0 Å². The molecule has 1 heterocycles. The van der Waals surface area contributed by atoms with E-state index in [1.807, 2.05) is 32.0 Å². The Labute approximate surface area is 162 Å². The van der Waals surface area contributed by atoms with Crippen molar-refractivity contribution >= 4 is 28.2 Å². The van der Waals surface area contributed by atoms with Gasteiger partial charge in [0.25, 0.3) is 5.91 Å². The molecule has 144 valence electrons. The number of rotatable bonds is 7. The number of halogens is 1. The van der Waals surface area contributed by atoms with E-state index >= 15 is 0 Å². The second kappa shape index (κ2) is 8.19. The van der Waals surface area contributed by atoms with Crippen LogP contribution in [-0.2, 0) is 4.79 Å². The summed E-state index contributed by atoms with van der Waals surface area (Å²) in [5, 5.41) is 6.56. The van der Waals surface area contributed by atoms with Crippen LogP contribution in [0.25, 0.3) is 0 Å². The van der Waals surface area contributed by atoms with Gasteiger partial charge in [-0.25, -0.2) is 4.39 Å². The van der Waals surface area contributed by atoms with Crippen LogP contribution in [0.1, 0.15) is 39.7 Å². The molecule has 0 radical (unpaired) electrons. The molecule has 0 spiro atoms. The number of nitrogens with one attached hydrogen (secondary N) is 2. The van der Waals surface area contributed by atoms with E-state index in [1.54, 1.807) is 12.1 Å². The van der Waals surface area contributed by atoms with Gasteiger partial charge in [-0.2, -0.15) is 0 Å². The summed E-state index contributed by atoms with van der Waals surface area (Å²) in [4.78, 5) is 27.1. The average Bonchev–Trinajstić information content (AvgIpc) is 3.40. The largest absolute Gasteiger partial charge is 0.349 e. The van der Waals surface area contributed by atoms with Crippen molar-refractivity contribution in [3.05, 3.63) is 52.2 Å². The second-order valence-electron chi connectivity index (χ2n) is 7.13. The summed E-state index contributed by atoms with van der Waals surface area (Å²) in [5.74, 6) is -0.290. The van der Waals surface area contributed by atoms with Gasteiger partial charge in [-0.3, -0.25) is 9.59 Å². The summed E-state index contributed by atoms with van der Waals surface area (Å²) in [6, 6.07) is 8.08. The molecule has 1 aromatic heterocycles. The Hall–Kier alpha value is -2.25. The number of aryl methyl sites for hydroxylation is 1. The maximum atomic E-state index is 13.2. The number of carbonyl (C=O) groups is 2. The van der Waals surface area contributed by atoms with Gasteiger partial charge < -0.3 is 15.5 Å². The third-order valence-electron chi connectivity index (χ3n) is 4.65. The van der Waals surface area contributed by atoms with Crippen molar-refractivity contribution in [3.63, 3.8) is 0 Å². The molecule has 1 saturated carbocycles. The van der Waals surface area contributed by atoms with Crippen molar-refractivity contribution in [2.45, 2.75) is 25.8 Å². The highest BCUT2D eigenvalue weighted by molar-refractivity contribution is 7.18. The van der Waals surface area contributed by atoms with E-state index in [2.05, 4.69) is 10.6 Å². The molecule has 1 unspecified atom stereocenters. The van der Waals surface area contributed by atoms with Crippen molar-refractivity contribution in [1.29, 1.82) is 0 Å². The fourth-order valence-corrected chi connectivity index (χ4v) is 3.88. The third kappa shape index (κ3) is 4.93. The zero-order chi connectivity index (χ0) is 19.6. The van der Waals surface area contributed by atoms with Gasteiger partial charge in [0, 0.05) is 12.5 Å². The van der Waals surface area contributed by atoms with Crippen molar-refractivity contribution in [2.24, 2.45) is 5.92 Å². The normalized spacial score (nSPS) is 14.9. The maximum absolute atomic E-state index is 13.2. The summed E-state index contributed by atoms with van der Waals surface area (Å²) in [6.07, 6.45) is 1.89. The number of amides is 2. The Morgan fingerprint density at radius 2 is 1.93 bits per heavy atom. The molecule has 2 aromatic rings. The summed E-state index contributed by atoms with van der Waals surface area (Å²) in [5.41, 5.74) is 1.77. The number of benzene rings is 1. The van der Waals surface area contributed by atoms with Crippen LogP contribution in [0.4, 0.5) is 9.39 Å². The lowest BCUT2D eigenvalue weighted by Crippen LogP contribution is -2.34. The summed E-state index contributed by atoms with van der Waals surface area (Å²) < 4.78 is 13.2. The molecule has 0 saturated heterocycles. The molecule has 27 heavy (non-hydrogen) atoms. The summed E-state index contributed by atoms with van der Waals surface area (Å²) in [7, 11) is 3.84. The topological polar surface area (TPSA) is 61.4 Å². The quantitative estimate of drug-likeness (QED) is 0.761. The molecule has 2 amide bonds. The Morgan fingerprint density at radius 1 is 1.26 bits per heavy atom. The van der Waals surface area contributed by atoms with Crippen molar-refractivity contribution in [2.75, 3.05) is 26.0 Å². The van der Waals surface area contributed by atoms with Crippen LogP contribution >= 0.6 is 11.3 Å². The Morgan fingerprint density at radius 3 is 2.52 bits per heavy atom. The maximum Gasteiger partial charge on any atom is 0.261 e. The van der Waals surface area contributed by atoms with Crippen LogP contribution in [0, 0.1) is 18.7 Å². The van der Waals surface area contributed by atoms with Crippen LogP contribution in [0.5, 0.6) is 0 Å². The third-order valence-corrected chi connectivity index (χ3v) is 5.80. The van der Waals surface area contributed by atoms with E-state index in [-0.39, 0.29) is 29.6 Å². The van der Waals surface area contributed by atoms with E-state index < -0.39 is 0 Å². The van der Waals surface area contributed by atoms with E-state index in [0.717, 1.165) is 24.0 Å². The standard InChI is InChI=1S/C20H24FN3O2S/c1-12-10-17(23-19(25)14-4-5-14)27-18(12)20(26)22-11-16(24(2)3)13-6-8-15(21)9-7-13/h6-10,14,16H,4-5,11H2,1-3H3,(H,22,26)(H,23,25). The molecule has 1 aliphatic carbocycles. The van der Waals surface area contributed by atoms with Crippen molar-refractivity contribution in [3.8, 4) is 0 Å². The first-order valence-corrected chi connectivity index (χ1v) is 9.78. The minimum absolute atomic E-state index is 0.0344. The number of anilines is 1. The van der Waals surface area contributed by atoms with Crippen LogP contribution in [0.15, 0.2) is 30.3 Å². The van der Waals surface area contributed by atoms with Crippen LogP contribution < -0.4 is 10.6 Å². The molecule has 7 heteroatoms.